The van der Waals surface area contributed by atoms with Crippen LogP contribution in [0.2, 0.25) is 0 Å². The molecule has 0 fully saturated rings. The van der Waals surface area contributed by atoms with Gasteiger partial charge in [-0.2, -0.15) is 0 Å². The molecule has 57 heavy (non-hydrogen) atoms. The molecule has 0 amide bonds. The van der Waals surface area contributed by atoms with Crippen LogP contribution < -0.4 is 0 Å². The summed E-state index contributed by atoms with van der Waals surface area (Å²) in [5.74, 6) is 0. The summed E-state index contributed by atoms with van der Waals surface area (Å²) in [6.07, 6.45) is 3.89. The summed E-state index contributed by atoms with van der Waals surface area (Å²) in [5.41, 5.74) is 15.9. The Labute approximate surface area is 331 Å². The van der Waals surface area contributed by atoms with Crippen molar-refractivity contribution in [1.29, 1.82) is 0 Å². The molecular weight excluding hydrogens is 689 g/mol. The van der Waals surface area contributed by atoms with Gasteiger partial charge in [0.25, 0.3) is 0 Å². The van der Waals surface area contributed by atoms with Gasteiger partial charge in [0.05, 0.1) is 17.2 Å². The highest BCUT2D eigenvalue weighted by Gasteiger charge is 2.19. The highest BCUT2D eigenvalue weighted by Crippen LogP contribution is 2.45. The van der Waals surface area contributed by atoms with Gasteiger partial charge in [0.2, 0.25) is 0 Å². The Balaban J connectivity index is 1.06. The molecule has 11 aromatic rings. The van der Waals surface area contributed by atoms with E-state index in [9.17, 15) is 0 Å². The van der Waals surface area contributed by atoms with Gasteiger partial charge in [0.1, 0.15) is 0 Å². The van der Waals surface area contributed by atoms with Gasteiger partial charge in [-0.15, -0.1) is 0 Å². The topological polar surface area (TPSA) is 17.8 Å². The Kier molecular flexibility index (Phi) is 7.65. The van der Waals surface area contributed by atoms with E-state index >= 15 is 0 Å². The van der Waals surface area contributed by atoms with Crippen molar-refractivity contribution in [2.24, 2.45) is 0 Å². The second-order valence-electron chi connectivity index (χ2n) is 15.2. The molecular formula is C55H38N2. The van der Waals surface area contributed by atoms with Crippen molar-refractivity contribution >= 4 is 54.1 Å². The predicted molar refractivity (Wildman–Crippen MR) is 242 cm³/mol. The lowest BCUT2D eigenvalue weighted by Crippen LogP contribution is -1.95. The summed E-state index contributed by atoms with van der Waals surface area (Å²) in [5, 5.41) is 9.96. The van der Waals surface area contributed by atoms with Gasteiger partial charge in [-0.1, -0.05) is 158 Å². The van der Waals surface area contributed by atoms with Crippen LogP contribution in [0.25, 0.3) is 104 Å². The van der Waals surface area contributed by atoms with E-state index in [1.165, 1.54) is 104 Å². The Bertz CT molecular complexity index is 3300. The molecule has 0 spiro atoms. The molecule has 2 aromatic heterocycles. The fourth-order valence-corrected chi connectivity index (χ4v) is 9.29. The van der Waals surface area contributed by atoms with Crippen molar-refractivity contribution in [3.05, 3.63) is 206 Å². The van der Waals surface area contributed by atoms with Gasteiger partial charge < -0.3 is 4.57 Å². The number of hydrogen-bond donors (Lipinski definition) is 0. The average Bonchev–Trinajstić information content (AvgIpc) is 3.59. The Morgan fingerprint density at radius 3 is 1.67 bits per heavy atom. The minimum absolute atomic E-state index is 1.10. The molecule has 268 valence electrons. The van der Waals surface area contributed by atoms with E-state index < -0.39 is 0 Å². The maximum atomic E-state index is 4.60. The summed E-state index contributed by atoms with van der Waals surface area (Å²) < 4.78 is 2.37. The smallest absolute Gasteiger partial charge is 0.0724 e. The molecule has 0 atom stereocenters. The van der Waals surface area contributed by atoms with E-state index in [2.05, 4.69) is 205 Å². The van der Waals surface area contributed by atoms with Gasteiger partial charge in [0, 0.05) is 22.7 Å². The largest absolute Gasteiger partial charge is 0.308 e. The van der Waals surface area contributed by atoms with E-state index in [1.54, 1.807) is 0 Å². The molecule has 0 aliphatic heterocycles. The van der Waals surface area contributed by atoms with E-state index in [1.807, 2.05) is 12.4 Å². The highest BCUT2D eigenvalue weighted by molar-refractivity contribution is 6.23. The van der Waals surface area contributed by atoms with Crippen molar-refractivity contribution in [2.45, 2.75) is 13.8 Å². The van der Waals surface area contributed by atoms with Gasteiger partial charge in [-0.05, 0) is 126 Å². The third kappa shape index (κ3) is 5.29. The average molecular weight is 727 g/mol. The van der Waals surface area contributed by atoms with Crippen molar-refractivity contribution < 1.29 is 0 Å². The lowest BCUT2D eigenvalue weighted by atomic mass is 9.85. The Hall–Kier alpha value is -7.29. The number of pyridine rings is 1. The van der Waals surface area contributed by atoms with Crippen molar-refractivity contribution in [2.75, 3.05) is 0 Å². The van der Waals surface area contributed by atoms with Crippen LogP contribution in [0.3, 0.4) is 0 Å². The molecule has 0 aliphatic carbocycles. The molecule has 0 radical (unpaired) electrons. The zero-order valence-corrected chi connectivity index (χ0v) is 31.9. The lowest BCUT2D eigenvalue weighted by Gasteiger charge is -2.19. The van der Waals surface area contributed by atoms with Crippen LogP contribution in [-0.4, -0.2) is 9.55 Å². The van der Waals surface area contributed by atoms with Crippen LogP contribution in [0.5, 0.6) is 0 Å². The first-order valence-corrected chi connectivity index (χ1v) is 19.7. The minimum atomic E-state index is 1.10. The van der Waals surface area contributed by atoms with Crippen LogP contribution in [0.15, 0.2) is 194 Å². The monoisotopic (exact) mass is 726 g/mol. The summed E-state index contributed by atoms with van der Waals surface area (Å²) in [6, 6.07) is 66.9. The number of nitrogens with zero attached hydrogens (tertiary/aromatic N) is 2. The molecule has 2 heteroatoms. The van der Waals surface area contributed by atoms with Gasteiger partial charge in [-0.25, -0.2) is 0 Å². The van der Waals surface area contributed by atoms with Gasteiger partial charge >= 0.3 is 0 Å². The first-order chi connectivity index (χ1) is 28.1. The summed E-state index contributed by atoms with van der Waals surface area (Å²) >= 11 is 0. The standard InChI is InChI=1S/C55H38N2/c1-35-12-3-5-15-42(35)43-28-24-39(32-36(43)2)40-25-29-45-46-30-31-56-34-53(46)57(52(45)33-40)41-26-22-38(23-27-41)54-48-17-7-9-19-50(48)55(51-20-10-8-18-49(51)54)47-21-11-14-37-13-4-6-16-44(37)47/h3-34H,1-2H3. The summed E-state index contributed by atoms with van der Waals surface area (Å²) in [4.78, 5) is 4.60. The molecule has 0 unspecified atom stereocenters. The predicted octanol–water partition coefficient (Wildman–Crippen LogP) is 14.9. The summed E-state index contributed by atoms with van der Waals surface area (Å²) in [7, 11) is 0. The van der Waals surface area contributed by atoms with Crippen LogP contribution in [0.4, 0.5) is 0 Å². The third-order valence-electron chi connectivity index (χ3n) is 12.0. The number of hydrogen-bond acceptors (Lipinski definition) is 1. The highest BCUT2D eigenvalue weighted by atomic mass is 15.0. The fourth-order valence-electron chi connectivity index (χ4n) is 9.29. The van der Waals surface area contributed by atoms with Crippen molar-refractivity contribution in [3.8, 4) is 50.2 Å². The Morgan fingerprint density at radius 1 is 0.368 bits per heavy atom. The normalized spacial score (nSPS) is 11.7. The van der Waals surface area contributed by atoms with Crippen LogP contribution in [0.1, 0.15) is 11.1 Å². The fraction of sp³-hybridized carbons (Fsp3) is 0.0364. The molecule has 0 saturated heterocycles. The second kappa shape index (κ2) is 13.2. The quantitative estimate of drug-likeness (QED) is 0.162. The molecule has 9 aromatic carbocycles. The maximum Gasteiger partial charge on any atom is 0.0724 e. The first-order valence-electron chi connectivity index (χ1n) is 19.7. The van der Waals surface area contributed by atoms with E-state index in [0.717, 1.165) is 11.2 Å². The lowest BCUT2D eigenvalue weighted by molar-refractivity contribution is 1.17. The zero-order valence-electron chi connectivity index (χ0n) is 31.9. The summed E-state index contributed by atoms with van der Waals surface area (Å²) in [6.45, 7) is 4.40. The number of aromatic nitrogens is 2. The third-order valence-corrected chi connectivity index (χ3v) is 12.0. The molecule has 0 aliphatic rings. The first kappa shape index (κ1) is 33.1. The van der Waals surface area contributed by atoms with Crippen LogP contribution >= 0.6 is 0 Å². The van der Waals surface area contributed by atoms with E-state index in [-0.39, 0.29) is 0 Å². The molecule has 0 N–H and O–H groups in total. The number of fused-ring (bicyclic) bond motifs is 6. The minimum Gasteiger partial charge on any atom is -0.308 e. The van der Waals surface area contributed by atoms with Crippen LogP contribution in [0, 0.1) is 13.8 Å². The zero-order chi connectivity index (χ0) is 38.0. The molecule has 2 nitrogen and oxygen atoms in total. The maximum absolute atomic E-state index is 4.60. The Morgan fingerprint density at radius 2 is 0.930 bits per heavy atom. The van der Waals surface area contributed by atoms with Gasteiger partial charge in [0.15, 0.2) is 0 Å². The van der Waals surface area contributed by atoms with Crippen molar-refractivity contribution in [3.63, 3.8) is 0 Å². The number of rotatable bonds is 5. The van der Waals surface area contributed by atoms with Crippen molar-refractivity contribution in [1.82, 2.24) is 9.55 Å². The SMILES string of the molecule is Cc1ccccc1-c1ccc(-c2ccc3c4ccncc4n(-c4ccc(-c5c6ccccc6c(-c6cccc7ccccc67)c6ccccc56)cc4)c3c2)cc1C. The second-order valence-corrected chi connectivity index (χ2v) is 15.2. The molecule has 11 rings (SSSR count). The van der Waals surface area contributed by atoms with E-state index in [4.69, 9.17) is 0 Å². The number of benzene rings is 9. The molecule has 0 saturated carbocycles. The molecule has 2 heterocycles. The van der Waals surface area contributed by atoms with Gasteiger partial charge in [-0.3, -0.25) is 4.98 Å². The number of aryl methyl sites for hydroxylation is 2. The van der Waals surface area contributed by atoms with Crippen LogP contribution in [-0.2, 0) is 0 Å². The molecule has 0 bridgehead atoms. The van der Waals surface area contributed by atoms with E-state index in [0.29, 0.717) is 0 Å².